The van der Waals surface area contributed by atoms with Crippen LogP contribution in [0.2, 0.25) is 0 Å². The molecule has 9 heteroatoms. The zero-order valence-corrected chi connectivity index (χ0v) is 18.6. The van der Waals surface area contributed by atoms with Gasteiger partial charge in [0.1, 0.15) is 0 Å². The number of carbonyl (C=O) groups excluding carboxylic acids is 3. The van der Waals surface area contributed by atoms with Crippen LogP contribution >= 0.6 is 22.7 Å². The van der Waals surface area contributed by atoms with E-state index in [-0.39, 0.29) is 31.4 Å². The number of hydrogen-bond acceptors (Lipinski definition) is 7. The van der Waals surface area contributed by atoms with E-state index in [1.54, 1.807) is 28.4 Å². The number of ether oxygens (including phenoxy) is 1. The number of carbonyl (C=O) groups is 3. The first-order chi connectivity index (χ1) is 15.0. The molecule has 1 aliphatic rings. The first-order valence-electron chi connectivity index (χ1n) is 9.84. The van der Waals surface area contributed by atoms with Gasteiger partial charge in [-0.1, -0.05) is 12.1 Å². The van der Waals surface area contributed by atoms with E-state index in [0.29, 0.717) is 11.4 Å². The molecule has 2 aromatic heterocycles. The van der Waals surface area contributed by atoms with Crippen LogP contribution in [0.1, 0.15) is 26.7 Å². The number of fused-ring (bicyclic) bond motifs is 1. The second-order valence-electron chi connectivity index (χ2n) is 7.03. The molecule has 1 aromatic carbocycles. The van der Waals surface area contributed by atoms with Gasteiger partial charge in [-0.2, -0.15) is 0 Å². The summed E-state index contributed by atoms with van der Waals surface area (Å²) in [5.74, 6) is -1.000. The number of nitrogens with one attached hydrogen (secondary N) is 1. The summed E-state index contributed by atoms with van der Waals surface area (Å²) >= 11 is 2.94. The van der Waals surface area contributed by atoms with Crippen molar-refractivity contribution >= 4 is 46.1 Å². The average Bonchev–Trinajstić information content (AvgIpc) is 3.52. The maximum Gasteiger partial charge on any atom is 0.308 e. The minimum absolute atomic E-state index is 0.0113. The van der Waals surface area contributed by atoms with Crippen molar-refractivity contribution in [2.45, 2.75) is 19.8 Å². The molecule has 0 aliphatic carbocycles. The molecule has 3 aromatic rings. The zero-order chi connectivity index (χ0) is 21.8. The van der Waals surface area contributed by atoms with Crippen molar-refractivity contribution in [1.29, 1.82) is 0 Å². The predicted octanol–water partition coefficient (Wildman–Crippen LogP) is 3.43. The zero-order valence-electron chi connectivity index (χ0n) is 16.9. The Balaban J connectivity index is 1.26. The van der Waals surface area contributed by atoms with Crippen LogP contribution in [0.4, 0.5) is 5.69 Å². The first kappa shape index (κ1) is 21.2. The van der Waals surface area contributed by atoms with Crippen LogP contribution in [0, 0.1) is 6.92 Å². The van der Waals surface area contributed by atoms with Gasteiger partial charge in [0.2, 0.25) is 0 Å². The van der Waals surface area contributed by atoms with Gasteiger partial charge in [0.15, 0.2) is 6.61 Å². The number of thiophene rings is 1. The summed E-state index contributed by atoms with van der Waals surface area (Å²) < 4.78 is 5.11. The molecule has 160 valence electrons. The van der Waals surface area contributed by atoms with E-state index < -0.39 is 5.97 Å². The lowest BCUT2D eigenvalue weighted by atomic mass is 10.1. The number of hydrogen-bond donors (Lipinski definition) is 1. The fourth-order valence-corrected chi connectivity index (χ4v) is 4.64. The van der Waals surface area contributed by atoms with Gasteiger partial charge >= 0.3 is 5.97 Å². The smallest absolute Gasteiger partial charge is 0.308 e. The van der Waals surface area contributed by atoms with Gasteiger partial charge in [-0.3, -0.25) is 14.4 Å². The lowest BCUT2D eigenvalue weighted by molar-refractivity contribution is -0.147. The van der Waals surface area contributed by atoms with E-state index in [0.717, 1.165) is 33.9 Å². The van der Waals surface area contributed by atoms with Crippen molar-refractivity contribution < 1.29 is 19.1 Å². The fourth-order valence-electron chi connectivity index (χ4n) is 3.38. The second-order valence-corrected chi connectivity index (χ2v) is 9.04. The molecule has 1 aliphatic heterocycles. The molecule has 0 saturated carbocycles. The second kappa shape index (κ2) is 9.40. The van der Waals surface area contributed by atoms with Crippen LogP contribution in [0.25, 0.3) is 11.3 Å². The van der Waals surface area contributed by atoms with E-state index in [1.165, 1.54) is 11.3 Å². The molecule has 0 spiro atoms. The van der Waals surface area contributed by atoms with Crippen LogP contribution < -0.4 is 10.2 Å². The number of aryl methyl sites for hydroxylation is 1. The molecule has 2 amide bonds. The Morgan fingerprint density at radius 1 is 1.23 bits per heavy atom. The van der Waals surface area contributed by atoms with E-state index in [1.807, 2.05) is 29.8 Å². The maximum absolute atomic E-state index is 12.6. The highest BCUT2D eigenvalue weighted by atomic mass is 32.1. The molecular weight excluding hydrogens is 434 g/mol. The van der Waals surface area contributed by atoms with Crippen molar-refractivity contribution in [3.8, 4) is 11.3 Å². The molecular formula is C22H21N3O4S2. The number of rotatable bonds is 7. The SMILES string of the molecule is Cc1nc(-c2ccc3c(c2)CCN3C(=O)COC(=O)CCNC(=O)c2cccs2)cs1. The largest absolute Gasteiger partial charge is 0.455 e. The summed E-state index contributed by atoms with van der Waals surface area (Å²) in [7, 11) is 0. The summed E-state index contributed by atoms with van der Waals surface area (Å²) in [6, 6.07) is 9.45. The molecule has 31 heavy (non-hydrogen) atoms. The Kier molecular flexibility index (Phi) is 6.43. The molecule has 7 nitrogen and oxygen atoms in total. The molecule has 0 saturated heterocycles. The van der Waals surface area contributed by atoms with Crippen LogP contribution in [0.3, 0.4) is 0 Å². The standard InChI is InChI=1S/C22H21N3O4S2/c1-14-24-17(13-31-14)15-4-5-18-16(11-15)7-9-25(18)20(26)12-29-21(27)6-8-23-22(28)19-3-2-10-30-19/h2-5,10-11,13H,6-9,12H2,1H3,(H,23,28). The van der Waals surface area contributed by atoms with Crippen molar-refractivity contribution in [2.75, 3.05) is 24.6 Å². The highest BCUT2D eigenvalue weighted by molar-refractivity contribution is 7.12. The Labute approximate surface area is 187 Å². The van der Waals surface area contributed by atoms with Crippen LogP contribution in [-0.4, -0.2) is 42.5 Å². The van der Waals surface area contributed by atoms with Crippen LogP contribution in [0.15, 0.2) is 41.1 Å². The molecule has 0 atom stereocenters. The van der Waals surface area contributed by atoms with Gasteiger partial charge in [-0.05, 0) is 42.5 Å². The monoisotopic (exact) mass is 455 g/mol. The molecule has 0 bridgehead atoms. The summed E-state index contributed by atoms with van der Waals surface area (Å²) in [6.45, 7) is 2.38. The van der Waals surface area contributed by atoms with Gasteiger partial charge in [-0.15, -0.1) is 22.7 Å². The normalized spacial score (nSPS) is 12.5. The van der Waals surface area contributed by atoms with Gasteiger partial charge in [-0.25, -0.2) is 4.98 Å². The van der Waals surface area contributed by atoms with Gasteiger partial charge in [0, 0.05) is 29.7 Å². The summed E-state index contributed by atoms with van der Waals surface area (Å²) in [5, 5.41) is 7.51. The number of aromatic nitrogens is 1. The first-order valence-corrected chi connectivity index (χ1v) is 11.6. The van der Waals surface area contributed by atoms with Crippen LogP contribution in [-0.2, 0) is 20.7 Å². The van der Waals surface area contributed by atoms with Crippen molar-refractivity contribution in [2.24, 2.45) is 0 Å². The Morgan fingerprint density at radius 2 is 2.10 bits per heavy atom. The molecule has 0 unspecified atom stereocenters. The number of thiazole rings is 1. The predicted molar refractivity (Wildman–Crippen MR) is 121 cm³/mol. The maximum atomic E-state index is 12.6. The Morgan fingerprint density at radius 3 is 2.84 bits per heavy atom. The highest BCUT2D eigenvalue weighted by Gasteiger charge is 2.26. The lowest BCUT2D eigenvalue weighted by Gasteiger charge is -2.17. The number of esters is 1. The minimum atomic E-state index is -0.520. The van der Waals surface area contributed by atoms with Gasteiger partial charge in [0.05, 0.1) is 22.0 Å². The van der Waals surface area contributed by atoms with E-state index in [9.17, 15) is 14.4 Å². The Bertz CT molecular complexity index is 1110. The quantitative estimate of drug-likeness (QED) is 0.552. The van der Waals surface area contributed by atoms with Gasteiger partial charge < -0.3 is 15.0 Å². The van der Waals surface area contributed by atoms with Crippen molar-refractivity contribution in [1.82, 2.24) is 10.3 Å². The highest BCUT2D eigenvalue weighted by Crippen LogP contribution is 2.32. The Hall–Kier alpha value is -3.04. The van der Waals surface area contributed by atoms with Crippen molar-refractivity contribution in [3.63, 3.8) is 0 Å². The third-order valence-corrected chi connectivity index (χ3v) is 6.55. The average molecular weight is 456 g/mol. The molecule has 0 radical (unpaired) electrons. The van der Waals surface area contributed by atoms with Gasteiger partial charge in [0.25, 0.3) is 11.8 Å². The fraction of sp³-hybridized carbons (Fsp3) is 0.273. The summed E-state index contributed by atoms with van der Waals surface area (Å²) in [6.07, 6.45) is 0.762. The topological polar surface area (TPSA) is 88.6 Å². The number of benzene rings is 1. The minimum Gasteiger partial charge on any atom is -0.455 e. The van der Waals surface area contributed by atoms with E-state index in [4.69, 9.17) is 4.74 Å². The summed E-state index contributed by atoms with van der Waals surface area (Å²) in [4.78, 5) is 43.1. The number of anilines is 1. The third kappa shape index (κ3) is 5.00. The summed E-state index contributed by atoms with van der Waals surface area (Å²) in [5.41, 5.74) is 3.91. The molecule has 0 fully saturated rings. The van der Waals surface area contributed by atoms with E-state index in [2.05, 4.69) is 16.4 Å². The lowest BCUT2D eigenvalue weighted by Crippen LogP contribution is -2.33. The van der Waals surface area contributed by atoms with Crippen LogP contribution in [0.5, 0.6) is 0 Å². The van der Waals surface area contributed by atoms with Crippen molar-refractivity contribution in [3.05, 3.63) is 56.5 Å². The third-order valence-electron chi connectivity index (χ3n) is 4.91. The number of amides is 2. The molecule has 4 rings (SSSR count). The number of nitrogens with zero attached hydrogens (tertiary/aromatic N) is 2. The molecule has 1 N–H and O–H groups in total. The molecule has 3 heterocycles. The van der Waals surface area contributed by atoms with E-state index >= 15 is 0 Å².